The fourth-order valence-electron chi connectivity index (χ4n) is 5.26. The van der Waals surface area contributed by atoms with Crippen LogP contribution in [-0.2, 0) is 9.53 Å². The number of amides is 2. The summed E-state index contributed by atoms with van der Waals surface area (Å²) in [6.07, 6.45) is 5.08. The number of likely N-dealkylation sites (tertiary alicyclic amines) is 1. The van der Waals surface area contributed by atoms with E-state index in [1.807, 2.05) is 0 Å². The molecule has 3 saturated heterocycles. The molecule has 0 saturated carbocycles. The molecule has 2 unspecified atom stereocenters. The van der Waals surface area contributed by atoms with Crippen LogP contribution in [0.5, 0.6) is 0 Å². The maximum absolute atomic E-state index is 13.9. The molecule has 1 spiro atoms. The highest BCUT2D eigenvalue weighted by Gasteiger charge is 2.59. The molecule has 1 aromatic rings. The Balaban J connectivity index is 1.29. The number of hydrogen-bond acceptors (Lipinski definition) is 4. The quantitative estimate of drug-likeness (QED) is 0.718. The van der Waals surface area contributed by atoms with Crippen LogP contribution in [0.15, 0.2) is 42.1 Å². The first-order valence-electron chi connectivity index (χ1n) is 10.5. The predicted octanol–water partition coefficient (Wildman–Crippen LogP) is 3.27. The highest BCUT2D eigenvalue weighted by Crippen LogP contribution is 2.46. The minimum Gasteiger partial charge on any atom is -0.342 e. The van der Waals surface area contributed by atoms with E-state index in [4.69, 9.17) is 4.74 Å². The zero-order valence-electron chi connectivity index (χ0n) is 16.8. The molecular weight excluding hydrogens is 411 g/mol. The molecule has 0 radical (unpaired) electrons. The van der Waals surface area contributed by atoms with Crippen molar-refractivity contribution in [2.45, 2.75) is 50.0 Å². The van der Waals surface area contributed by atoms with E-state index in [1.165, 1.54) is 29.3 Å². The van der Waals surface area contributed by atoms with E-state index in [2.05, 4.69) is 4.98 Å². The lowest BCUT2D eigenvalue weighted by Crippen LogP contribution is -2.53. The summed E-state index contributed by atoms with van der Waals surface area (Å²) in [4.78, 5) is 33.0. The number of carbonyl (C=O) groups is 2. The third kappa shape index (κ3) is 3.35. The Kier molecular flexibility index (Phi) is 4.88. The SMILES string of the molecule is O=C(c1ncccc1F)N1CCC2(CC1)OC1CC[C@@H](C3C=C(F)C=C(F)C3)N1C2=O. The fraction of sp³-hybridized carbons (Fsp3) is 0.500. The summed E-state index contributed by atoms with van der Waals surface area (Å²) >= 11 is 0. The molecule has 4 aliphatic rings. The van der Waals surface area contributed by atoms with Crippen LogP contribution in [-0.4, -0.2) is 57.6 Å². The van der Waals surface area contributed by atoms with Gasteiger partial charge in [0.25, 0.3) is 11.8 Å². The zero-order valence-corrected chi connectivity index (χ0v) is 16.8. The molecule has 4 heterocycles. The number of fused-ring (bicyclic) bond motifs is 1. The van der Waals surface area contributed by atoms with Gasteiger partial charge >= 0.3 is 0 Å². The molecule has 6 nitrogen and oxygen atoms in total. The van der Waals surface area contributed by atoms with Gasteiger partial charge in [0.15, 0.2) is 17.1 Å². The van der Waals surface area contributed by atoms with Crippen LogP contribution in [0.2, 0.25) is 0 Å². The van der Waals surface area contributed by atoms with Crippen LogP contribution in [0.4, 0.5) is 13.2 Å². The first-order valence-corrected chi connectivity index (χ1v) is 10.5. The van der Waals surface area contributed by atoms with Gasteiger partial charge in [-0.3, -0.25) is 9.59 Å². The molecule has 0 N–H and O–H groups in total. The monoisotopic (exact) mass is 433 g/mol. The van der Waals surface area contributed by atoms with Crippen molar-refractivity contribution in [1.82, 2.24) is 14.8 Å². The molecule has 31 heavy (non-hydrogen) atoms. The van der Waals surface area contributed by atoms with E-state index < -0.39 is 41.1 Å². The lowest BCUT2D eigenvalue weighted by atomic mass is 9.87. The van der Waals surface area contributed by atoms with Gasteiger partial charge in [0.05, 0.1) is 0 Å². The Hall–Kier alpha value is -2.68. The van der Waals surface area contributed by atoms with Crippen LogP contribution in [0.3, 0.4) is 0 Å². The van der Waals surface area contributed by atoms with Gasteiger partial charge in [-0.15, -0.1) is 0 Å². The third-order valence-electron chi connectivity index (χ3n) is 6.77. The van der Waals surface area contributed by atoms with E-state index >= 15 is 0 Å². The Morgan fingerprint density at radius 1 is 1.19 bits per heavy atom. The summed E-state index contributed by atoms with van der Waals surface area (Å²) in [7, 11) is 0. The van der Waals surface area contributed by atoms with Crippen molar-refractivity contribution < 1.29 is 27.5 Å². The maximum Gasteiger partial charge on any atom is 0.275 e. The molecule has 0 aromatic carbocycles. The summed E-state index contributed by atoms with van der Waals surface area (Å²) in [5.74, 6) is -2.94. The highest BCUT2D eigenvalue weighted by molar-refractivity contribution is 5.93. The lowest BCUT2D eigenvalue weighted by Gasteiger charge is -2.38. The van der Waals surface area contributed by atoms with Crippen LogP contribution < -0.4 is 0 Å². The Morgan fingerprint density at radius 2 is 1.97 bits per heavy atom. The fourth-order valence-corrected chi connectivity index (χ4v) is 5.26. The molecule has 0 bridgehead atoms. The van der Waals surface area contributed by atoms with Crippen LogP contribution >= 0.6 is 0 Å². The van der Waals surface area contributed by atoms with E-state index in [1.54, 1.807) is 4.90 Å². The van der Waals surface area contributed by atoms with Crippen LogP contribution in [0, 0.1) is 11.7 Å². The van der Waals surface area contributed by atoms with Gasteiger partial charge < -0.3 is 14.5 Å². The molecule has 2 amide bonds. The number of hydrogen-bond donors (Lipinski definition) is 0. The predicted molar refractivity (Wildman–Crippen MR) is 103 cm³/mol. The van der Waals surface area contributed by atoms with Gasteiger partial charge in [0.2, 0.25) is 0 Å². The van der Waals surface area contributed by atoms with Crippen molar-refractivity contribution in [2.24, 2.45) is 5.92 Å². The number of aromatic nitrogens is 1. The summed E-state index contributed by atoms with van der Waals surface area (Å²) in [5.41, 5.74) is -1.28. The van der Waals surface area contributed by atoms with Crippen molar-refractivity contribution in [3.05, 3.63) is 53.6 Å². The summed E-state index contributed by atoms with van der Waals surface area (Å²) in [6, 6.07) is 2.29. The van der Waals surface area contributed by atoms with Gasteiger partial charge in [-0.05, 0) is 31.1 Å². The maximum atomic E-state index is 13.9. The van der Waals surface area contributed by atoms with Crippen molar-refractivity contribution in [3.8, 4) is 0 Å². The van der Waals surface area contributed by atoms with Gasteiger partial charge in [-0.1, -0.05) is 0 Å². The number of pyridine rings is 1. The standard InChI is InChI=1S/C22H22F3N3O3/c23-14-10-13(11-15(24)12-14)17-3-4-18-28(17)21(30)22(31-18)5-8-27(9-6-22)20(29)19-16(25)2-1-7-26-19/h1-2,7,10,12-13,17-18H,3-6,8-9,11H2/t13?,17-,18?/m0/s1. The number of allylic oxidation sites excluding steroid dienone is 3. The number of carbonyl (C=O) groups excluding carboxylic acids is 2. The van der Waals surface area contributed by atoms with Crippen molar-refractivity contribution in [3.63, 3.8) is 0 Å². The number of rotatable bonds is 2. The minimum atomic E-state index is -1.05. The van der Waals surface area contributed by atoms with Crippen LogP contribution in [0.25, 0.3) is 0 Å². The minimum absolute atomic E-state index is 0.0690. The van der Waals surface area contributed by atoms with E-state index in [0.29, 0.717) is 12.8 Å². The van der Waals surface area contributed by atoms with E-state index in [-0.39, 0.29) is 50.0 Å². The second kappa shape index (κ2) is 7.47. The number of halogens is 3. The molecule has 3 atom stereocenters. The highest BCUT2D eigenvalue weighted by atomic mass is 19.1. The van der Waals surface area contributed by atoms with Gasteiger partial charge in [-0.2, -0.15) is 0 Å². The summed E-state index contributed by atoms with van der Waals surface area (Å²) < 4.78 is 47.7. The molecule has 3 aliphatic heterocycles. The van der Waals surface area contributed by atoms with Gasteiger partial charge in [-0.25, -0.2) is 18.2 Å². The first kappa shape index (κ1) is 20.2. The molecule has 1 aliphatic carbocycles. The van der Waals surface area contributed by atoms with E-state index in [9.17, 15) is 22.8 Å². The van der Waals surface area contributed by atoms with E-state index in [0.717, 1.165) is 6.08 Å². The van der Waals surface area contributed by atoms with Gasteiger partial charge in [0, 0.05) is 56.6 Å². The first-order chi connectivity index (χ1) is 14.9. The largest absolute Gasteiger partial charge is 0.342 e. The normalized spacial score (nSPS) is 29.8. The van der Waals surface area contributed by atoms with Crippen LogP contribution in [0.1, 0.15) is 42.6 Å². The zero-order chi connectivity index (χ0) is 21.8. The average molecular weight is 433 g/mol. The van der Waals surface area contributed by atoms with Crippen molar-refractivity contribution in [1.29, 1.82) is 0 Å². The van der Waals surface area contributed by atoms with Crippen molar-refractivity contribution >= 4 is 11.8 Å². The lowest BCUT2D eigenvalue weighted by molar-refractivity contribution is -0.142. The van der Waals surface area contributed by atoms with Crippen molar-refractivity contribution in [2.75, 3.05) is 13.1 Å². The molecule has 1 aromatic heterocycles. The molecule has 3 fully saturated rings. The average Bonchev–Trinajstić information content (AvgIpc) is 3.26. The third-order valence-corrected chi connectivity index (χ3v) is 6.77. The second-order valence-electron chi connectivity index (χ2n) is 8.56. The Bertz CT molecular complexity index is 987. The Morgan fingerprint density at radius 3 is 2.68 bits per heavy atom. The molecule has 164 valence electrons. The molecule has 9 heteroatoms. The topological polar surface area (TPSA) is 62.7 Å². The summed E-state index contributed by atoms with van der Waals surface area (Å²) in [6.45, 7) is 0.474. The second-order valence-corrected chi connectivity index (χ2v) is 8.56. The smallest absolute Gasteiger partial charge is 0.275 e. The number of ether oxygens (including phenoxy) is 1. The van der Waals surface area contributed by atoms with Gasteiger partial charge in [0.1, 0.15) is 17.9 Å². The number of nitrogens with zero attached hydrogens (tertiary/aromatic N) is 3. The molecular formula is C22H22F3N3O3. The number of piperidine rings is 1. The molecule has 5 rings (SSSR count). The Labute approximate surface area is 177 Å². The summed E-state index contributed by atoms with van der Waals surface area (Å²) in [5, 5.41) is 0.